The van der Waals surface area contributed by atoms with E-state index in [-0.39, 0.29) is 0 Å². The number of likely N-dealkylation sites (N-methyl/N-ethyl adjacent to an activating group) is 1. The Bertz CT molecular complexity index is 680. The normalized spacial score (nSPS) is 16.1. The lowest BCUT2D eigenvalue weighted by Gasteiger charge is -2.34. The van der Waals surface area contributed by atoms with E-state index in [9.17, 15) is 0 Å². The number of piperazine rings is 1. The highest BCUT2D eigenvalue weighted by atomic mass is 15.3. The lowest BCUT2D eigenvalue weighted by molar-refractivity contribution is 0.141. The monoisotopic (exact) mass is 340 g/mol. The largest absolute Gasteiger partial charge is 0.368 e. The molecule has 134 valence electrons. The predicted octanol–water partition coefficient (Wildman–Crippen LogP) is 2.20. The average Bonchev–Trinajstić information content (AvgIpc) is 2.66. The molecule has 1 saturated heterocycles. The summed E-state index contributed by atoms with van der Waals surface area (Å²) in [6.45, 7) is 14.1. The molecule has 2 aromatic heterocycles. The van der Waals surface area contributed by atoms with Crippen molar-refractivity contribution in [2.75, 3.05) is 51.1 Å². The lowest BCUT2D eigenvalue weighted by Crippen LogP contribution is -2.47. The van der Waals surface area contributed by atoms with Gasteiger partial charge >= 0.3 is 0 Å². The van der Waals surface area contributed by atoms with E-state index in [1.807, 2.05) is 19.1 Å². The number of rotatable bonds is 6. The number of hydrogen-bond donors (Lipinski definition) is 1. The zero-order chi connectivity index (χ0) is 17.6. The summed E-state index contributed by atoms with van der Waals surface area (Å²) in [7, 11) is 0. The first-order valence-corrected chi connectivity index (χ1v) is 9.11. The van der Waals surface area contributed by atoms with Crippen LogP contribution in [0.2, 0.25) is 0 Å². The van der Waals surface area contributed by atoms with Gasteiger partial charge in [0.2, 0.25) is 0 Å². The van der Waals surface area contributed by atoms with Gasteiger partial charge in [0.1, 0.15) is 5.82 Å². The summed E-state index contributed by atoms with van der Waals surface area (Å²) in [5, 5.41) is 3.51. The second kappa shape index (κ2) is 8.36. The number of pyridine rings is 1. The first-order chi connectivity index (χ1) is 12.2. The third-order valence-electron chi connectivity index (χ3n) is 4.94. The molecular weight excluding hydrogens is 312 g/mol. The smallest absolute Gasteiger partial charge is 0.163 e. The Morgan fingerprint density at radius 3 is 2.52 bits per heavy atom. The van der Waals surface area contributed by atoms with Gasteiger partial charge in [0.15, 0.2) is 5.82 Å². The molecule has 1 aliphatic rings. The van der Waals surface area contributed by atoms with Crippen molar-refractivity contribution in [1.82, 2.24) is 24.8 Å². The van der Waals surface area contributed by atoms with Gasteiger partial charge in [0, 0.05) is 68.5 Å². The van der Waals surface area contributed by atoms with E-state index in [0.29, 0.717) is 0 Å². The standard InChI is InChI=1S/C19H28N6/c1-4-24-10-12-25(13-11-24)9-8-21-18-15(2)16(3)22-19(23-18)17-6-5-7-20-14-17/h5-7,14H,4,8-13H2,1-3H3,(H,21,22,23). The summed E-state index contributed by atoms with van der Waals surface area (Å²) >= 11 is 0. The van der Waals surface area contributed by atoms with E-state index >= 15 is 0 Å². The molecule has 6 heteroatoms. The highest BCUT2D eigenvalue weighted by molar-refractivity contribution is 5.58. The van der Waals surface area contributed by atoms with Crippen molar-refractivity contribution in [3.8, 4) is 11.4 Å². The van der Waals surface area contributed by atoms with E-state index in [0.717, 1.165) is 61.2 Å². The Hall–Kier alpha value is -2.05. The van der Waals surface area contributed by atoms with E-state index in [1.165, 1.54) is 13.1 Å². The maximum absolute atomic E-state index is 4.72. The molecule has 0 atom stereocenters. The quantitative estimate of drug-likeness (QED) is 0.870. The minimum Gasteiger partial charge on any atom is -0.368 e. The molecule has 6 nitrogen and oxygen atoms in total. The van der Waals surface area contributed by atoms with Crippen LogP contribution >= 0.6 is 0 Å². The van der Waals surface area contributed by atoms with E-state index in [2.05, 4.69) is 38.9 Å². The highest BCUT2D eigenvalue weighted by Gasteiger charge is 2.15. The van der Waals surface area contributed by atoms with Gasteiger partial charge in [-0.15, -0.1) is 0 Å². The molecule has 0 aliphatic carbocycles. The minimum absolute atomic E-state index is 0.732. The van der Waals surface area contributed by atoms with Crippen molar-refractivity contribution in [2.45, 2.75) is 20.8 Å². The molecular formula is C19H28N6. The number of anilines is 1. The summed E-state index contributed by atoms with van der Waals surface area (Å²) < 4.78 is 0. The van der Waals surface area contributed by atoms with Gasteiger partial charge in [0.05, 0.1) is 0 Å². The molecule has 0 aromatic carbocycles. The second-order valence-corrected chi connectivity index (χ2v) is 6.55. The van der Waals surface area contributed by atoms with E-state index in [1.54, 1.807) is 12.4 Å². The van der Waals surface area contributed by atoms with E-state index < -0.39 is 0 Å². The van der Waals surface area contributed by atoms with Gasteiger partial charge < -0.3 is 10.2 Å². The first kappa shape index (κ1) is 17.8. The first-order valence-electron chi connectivity index (χ1n) is 9.11. The molecule has 0 radical (unpaired) electrons. The SMILES string of the molecule is CCN1CCN(CCNc2nc(-c3cccnc3)nc(C)c2C)CC1. The van der Waals surface area contributed by atoms with Crippen molar-refractivity contribution in [2.24, 2.45) is 0 Å². The van der Waals surface area contributed by atoms with Crippen LogP contribution in [-0.4, -0.2) is 70.6 Å². The fourth-order valence-corrected chi connectivity index (χ4v) is 3.09. The number of hydrogen-bond acceptors (Lipinski definition) is 6. The third-order valence-corrected chi connectivity index (χ3v) is 4.94. The van der Waals surface area contributed by atoms with Gasteiger partial charge in [-0.1, -0.05) is 6.92 Å². The minimum atomic E-state index is 0.732. The summed E-state index contributed by atoms with van der Waals surface area (Å²) in [6.07, 6.45) is 3.57. The van der Waals surface area contributed by atoms with Crippen LogP contribution in [0.15, 0.2) is 24.5 Å². The fourth-order valence-electron chi connectivity index (χ4n) is 3.09. The van der Waals surface area contributed by atoms with Gasteiger partial charge in [-0.05, 0) is 32.5 Å². The van der Waals surface area contributed by atoms with Crippen LogP contribution in [-0.2, 0) is 0 Å². The molecule has 1 fully saturated rings. The Kier molecular flexibility index (Phi) is 5.94. The van der Waals surface area contributed by atoms with Crippen molar-refractivity contribution in [3.05, 3.63) is 35.8 Å². The van der Waals surface area contributed by atoms with Crippen LogP contribution in [0.5, 0.6) is 0 Å². The van der Waals surface area contributed by atoms with Crippen LogP contribution in [0.3, 0.4) is 0 Å². The van der Waals surface area contributed by atoms with Gasteiger partial charge in [-0.25, -0.2) is 9.97 Å². The molecule has 0 amide bonds. The summed E-state index contributed by atoms with van der Waals surface area (Å²) in [5.74, 6) is 1.66. The van der Waals surface area contributed by atoms with Gasteiger partial charge in [0.25, 0.3) is 0 Å². The van der Waals surface area contributed by atoms with Crippen LogP contribution in [0.25, 0.3) is 11.4 Å². The maximum Gasteiger partial charge on any atom is 0.163 e. The Morgan fingerprint density at radius 2 is 1.84 bits per heavy atom. The number of nitrogens with one attached hydrogen (secondary N) is 1. The Labute approximate surface area is 150 Å². The Balaban J connectivity index is 1.61. The third kappa shape index (κ3) is 4.52. The highest BCUT2D eigenvalue weighted by Crippen LogP contribution is 2.20. The molecule has 2 aromatic rings. The molecule has 1 N–H and O–H groups in total. The van der Waals surface area contributed by atoms with Crippen LogP contribution in [0, 0.1) is 13.8 Å². The predicted molar refractivity (Wildman–Crippen MR) is 102 cm³/mol. The maximum atomic E-state index is 4.72. The van der Waals surface area contributed by atoms with Crippen molar-refractivity contribution < 1.29 is 0 Å². The van der Waals surface area contributed by atoms with Crippen LogP contribution < -0.4 is 5.32 Å². The molecule has 0 unspecified atom stereocenters. The molecule has 1 aliphatic heterocycles. The van der Waals surface area contributed by atoms with Crippen molar-refractivity contribution in [3.63, 3.8) is 0 Å². The topological polar surface area (TPSA) is 57.2 Å². The molecule has 0 bridgehead atoms. The molecule has 3 heterocycles. The fraction of sp³-hybridized carbons (Fsp3) is 0.526. The zero-order valence-electron chi connectivity index (χ0n) is 15.5. The number of nitrogens with zero attached hydrogens (tertiary/aromatic N) is 5. The summed E-state index contributed by atoms with van der Waals surface area (Å²) in [5.41, 5.74) is 3.07. The molecule has 25 heavy (non-hydrogen) atoms. The second-order valence-electron chi connectivity index (χ2n) is 6.55. The lowest BCUT2D eigenvalue weighted by atomic mass is 10.2. The number of aryl methyl sites for hydroxylation is 1. The van der Waals surface area contributed by atoms with Crippen molar-refractivity contribution in [1.29, 1.82) is 0 Å². The zero-order valence-corrected chi connectivity index (χ0v) is 15.5. The Morgan fingerprint density at radius 1 is 1.08 bits per heavy atom. The molecule has 3 rings (SSSR count). The molecule has 0 spiro atoms. The average molecular weight is 340 g/mol. The summed E-state index contributed by atoms with van der Waals surface area (Å²) in [4.78, 5) is 18.5. The van der Waals surface area contributed by atoms with Crippen molar-refractivity contribution >= 4 is 5.82 Å². The summed E-state index contributed by atoms with van der Waals surface area (Å²) in [6, 6.07) is 3.91. The van der Waals surface area contributed by atoms with Gasteiger partial charge in [-0.3, -0.25) is 9.88 Å². The molecule has 0 saturated carbocycles. The van der Waals surface area contributed by atoms with E-state index in [4.69, 9.17) is 4.98 Å². The van der Waals surface area contributed by atoms with Crippen LogP contribution in [0.4, 0.5) is 5.82 Å². The van der Waals surface area contributed by atoms with Crippen LogP contribution in [0.1, 0.15) is 18.2 Å². The van der Waals surface area contributed by atoms with Gasteiger partial charge in [-0.2, -0.15) is 0 Å². The number of aromatic nitrogens is 3.